The molecule has 1 aliphatic rings. The van der Waals surface area contributed by atoms with E-state index in [1.54, 1.807) is 6.07 Å². The van der Waals surface area contributed by atoms with E-state index in [1.165, 1.54) is 21.9 Å². The second-order valence-corrected chi connectivity index (χ2v) is 7.60. The number of nitrogens with two attached hydrogens (primary N) is 1. The standard InChI is InChI=1S/C25H24FN3O4/c26-22-13-20(28-16-21(14-27)33-25(28)31)11-12-23(22)29(15-18-7-3-1-4-8-18)24(30)32-17-19-9-5-2-6-10-19/h1-13,21H,14-17,27H2/t21-/m0/s1. The van der Waals surface area contributed by atoms with Crippen LogP contribution in [-0.4, -0.2) is 31.4 Å². The van der Waals surface area contributed by atoms with Crippen LogP contribution in [0.25, 0.3) is 0 Å². The van der Waals surface area contributed by atoms with Gasteiger partial charge in [-0.15, -0.1) is 0 Å². The van der Waals surface area contributed by atoms with Crippen molar-refractivity contribution in [2.75, 3.05) is 22.9 Å². The van der Waals surface area contributed by atoms with E-state index in [4.69, 9.17) is 15.2 Å². The van der Waals surface area contributed by atoms with E-state index in [1.807, 2.05) is 60.7 Å². The van der Waals surface area contributed by atoms with E-state index in [2.05, 4.69) is 0 Å². The molecular formula is C25H24FN3O4. The zero-order chi connectivity index (χ0) is 23.2. The number of nitrogens with zero attached hydrogens (tertiary/aromatic N) is 2. The Balaban J connectivity index is 1.58. The van der Waals surface area contributed by atoms with Gasteiger partial charge in [-0.2, -0.15) is 0 Å². The number of benzene rings is 3. The summed E-state index contributed by atoms with van der Waals surface area (Å²) >= 11 is 0. The number of hydrogen-bond donors (Lipinski definition) is 1. The van der Waals surface area contributed by atoms with Crippen LogP contribution in [-0.2, 0) is 22.6 Å². The summed E-state index contributed by atoms with van der Waals surface area (Å²) in [5, 5.41) is 0. The molecule has 3 aromatic carbocycles. The fourth-order valence-corrected chi connectivity index (χ4v) is 3.55. The largest absolute Gasteiger partial charge is 0.444 e. The monoisotopic (exact) mass is 449 g/mol. The van der Waals surface area contributed by atoms with Crippen LogP contribution in [0.1, 0.15) is 11.1 Å². The van der Waals surface area contributed by atoms with Crippen molar-refractivity contribution in [3.05, 3.63) is 95.8 Å². The Morgan fingerprint density at radius 2 is 1.73 bits per heavy atom. The van der Waals surface area contributed by atoms with Gasteiger partial charge in [-0.25, -0.2) is 14.0 Å². The van der Waals surface area contributed by atoms with E-state index in [0.29, 0.717) is 5.69 Å². The molecule has 8 heteroatoms. The van der Waals surface area contributed by atoms with Gasteiger partial charge in [-0.3, -0.25) is 9.80 Å². The summed E-state index contributed by atoms with van der Waals surface area (Å²) in [6.07, 6.45) is -1.71. The van der Waals surface area contributed by atoms with E-state index in [-0.39, 0.29) is 31.9 Å². The van der Waals surface area contributed by atoms with E-state index in [9.17, 15) is 9.59 Å². The Labute approximate surface area is 191 Å². The van der Waals surface area contributed by atoms with Crippen molar-refractivity contribution < 1.29 is 23.5 Å². The van der Waals surface area contributed by atoms with Crippen molar-refractivity contribution in [2.24, 2.45) is 5.73 Å². The molecule has 1 aliphatic heterocycles. The Hall–Kier alpha value is -3.91. The predicted molar refractivity (Wildman–Crippen MR) is 122 cm³/mol. The molecule has 0 aliphatic carbocycles. The highest BCUT2D eigenvalue weighted by atomic mass is 19.1. The van der Waals surface area contributed by atoms with E-state index in [0.717, 1.165) is 11.1 Å². The second-order valence-electron chi connectivity index (χ2n) is 7.60. The number of carbonyl (C=O) groups is 2. The molecule has 4 rings (SSSR count). The third-order valence-electron chi connectivity index (χ3n) is 5.28. The number of cyclic esters (lactones) is 1. The van der Waals surface area contributed by atoms with Crippen LogP contribution in [0, 0.1) is 5.82 Å². The van der Waals surface area contributed by atoms with Crippen LogP contribution in [0.5, 0.6) is 0 Å². The first-order valence-electron chi connectivity index (χ1n) is 10.5. The highest BCUT2D eigenvalue weighted by Gasteiger charge is 2.32. The van der Waals surface area contributed by atoms with Gasteiger partial charge in [0.2, 0.25) is 0 Å². The third kappa shape index (κ3) is 5.30. The van der Waals surface area contributed by atoms with Crippen LogP contribution in [0.4, 0.5) is 25.4 Å². The van der Waals surface area contributed by atoms with Crippen molar-refractivity contribution in [1.29, 1.82) is 0 Å². The molecule has 7 nitrogen and oxygen atoms in total. The van der Waals surface area contributed by atoms with Gasteiger partial charge >= 0.3 is 12.2 Å². The van der Waals surface area contributed by atoms with Crippen molar-refractivity contribution in [1.82, 2.24) is 0 Å². The van der Waals surface area contributed by atoms with Gasteiger partial charge in [0.05, 0.1) is 24.5 Å². The summed E-state index contributed by atoms with van der Waals surface area (Å²) in [5.41, 5.74) is 7.58. The number of rotatable bonds is 7. The molecule has 1 saturated heterocycles. The summed E-state index contributed by atoms with van der Waals surface area (Å²) in [6, 6.07) is 22.7. The highest BCUT2D eigenvalue weighted by molar-refractivity contribution is 5.91. The van der Waals surface area contributed by atoms with Crippen LogP contribution in [0.15, 0.2) is 78.9 Å². The molecule has 1 heterocycles. The highest BCUT2D eigenvalue weighted by Crippen LogP contribution is 2.29. The number of anilines is 2. The number of amides is 2. The lowest BCUT2D eigenvalue weighted by Gasteiger charge is -2.24. The van der Waals surface area contributed by atoms with Gasteiger partial charge in [0.25, 0.3) is 0 Å². The first-order valence-corrected chi connectivity index (χ1v) is 10.5. The summed E-state index contributed by atoms with van der Waals surface area (Å²) in [4.78, 5) is 27.6. The van der Waals surface area contributed by atoms with Gasteiger partial charge in [-0.1, -0.05) is 60.7 Å². The molecule has 3 aromatic rings. The van der Waals surface area contributed by atoms with Crippen molar-refractivity contribution >= 4 is 23.6 Å². The average Bonchev–Trinajstić information content (AvgIpc) is 3.23. The quantitative estimate of drug-likeness (QED) is 0.576. The molecule has 2 N–H and O–H groups in total. The van der Waals surface area contributed by atoms with Gasteiger partial charge in [-0.05, 0) is 29.3 Å². The van der Waals surface area contributed by atoms with Crippen LogP contribution in [0.2, 0.25) is 0 Å². The van der Waals surface area contributed by atoms with Gasteiger partial charge in [0.15, 0.2) is 0 Å². The minimum absolute atomic E-state index is 0.0450. The topological polar surface area (TPSA) is 85.1 Å². The number of hydrogen-bond acceptors (Lipinski definition) is 5. The van der Waals surface area contributed by atoms with Gasteiger partial charge in [0.1, 0.15) is 18.5 Å². The molecular weight excluding hydrogens is 425 g/mol. The minimum atomic E-state index is -0.682. The lowest BCUT2D eigenvalue weighted by molar-refractivity contribution is 0.144. The predicted octanol–water partition coefficient (Wildman–Crippen LogP) is 4.45. The molecule has 0 aromatic heterocycles. The zero-order valence-electron chi connectivity index (χ0n) is 17.9. The summed E-state index contributed by atoms with van der Waals surface area (Å²) < 4.78 is 25.8. The molecule has 33 heavy (non-hydrogen) atoms. The molecule has 0 saturated carbocycles. The average molecular weight is 449 g/mol. The first kappa shape index (κ1) is 22.3. The number of ether oxygens (including phenoxy) is 2. The summed E-state index contributed by atoms with van der Waals surface area (Å²) in [6.45, 7) is 0.596. The lowest BCUT2D eigenvalue weighted by atomic mass is 10.2. The Bertz CT molecular complexity index is 1110. The Morgan fingerprint density at radius 1 is 1.06 bits per heavy atom. The summed E-state index contributed by atoms with van der Waals surface area (Å²) in [7, 11) is 0. The lowest BCUT2D eigenvalue weighted by Crippen LogP contribution is -2.32. The molecule has 0 unspecified atom stereocenters. The maximum atomic E-state index is 15.2. The van der Waals surface area contributed by atoms with E-state index < -0.39 is 24.1 Å². The maximum Gasteiger partial charge on any atom is 0.415 e. The fourth-order valence-electron chi connectivity index (χ4n) is 3.55. The Kier molecular flexibility index (Phi) is 6.85. The molecule has 1 fully saturated rings. The molecule has 0 radical (unpaired) electrons. The van der Waals surface area contributed by atoms with Crippen LogP contribution < -0.4 is 15.5 Å². The molecule has 170 valence electrons. The zero-order valence-corrected chi connectivity index (χ0v) is 17.9. The number of halogens is 1. The van der Waals surface area contributed by atoms with E-state index >= 15 is 4.39 Å². The van der Waals surface area contributed by atoms with Crippen molar-refractivity contribution in [3.8, 4) is 0 Å². The molecule has 0 bridgehead atoms. The SMILES string of the molecule is NC[C@H]1CN(c2ccc(N(Cc3ccccc3)C(=O)OCc3ccccc3)c(F)c2)C(=O)O1. The Morgan fingerprint density at radius 3 is 2.33 bits per heavy atom. The smallest absolute Gasteiger partial charge is 0.415 e. The van der Waals surface area contributed by atoms with Crippen molar-refractivity contribution in [2.45, 2.75) is 19.3 Å². The van der Waals surface area contributed by atoms with Gasteiger partial charge < -0.3 is 15.2 Å². The van der Waals surface area contributed by atoms with Crippen LogP contribution in [0.3, 0.4) is 0 Å². The maximum absolute atomic E-state index is 15.2. The normalized spacial score (nSPS) is 15.3. The second kappa shape index (κ2) is 10.1. The molecule has 2 amide bonds. The van der Waals surface area contributed by atoms with Gasteiger partial charge in [0, 0.05) is 6.54 Å². The molecule has 0 spiro atoms. The summed E-state index contributed by atoms with van der Waals surface area (Å²) in [5.74, 6) is -0.663. The van der Waals surface area contributed by atoms with Crippen molar-refractivity contribution in [3.63, 3.8) is 0 Å². The first-order chi connectivity index (χ1) is 16.0. The third-order valence-corrected chi connectivity index (χ3v) is 5.28. The fraction of sp³-hybridized carbons (Fsp3) is 0.200. The molecule has 1 atom stereocenters. The number of carbonyl (C=O) groups excluding carboxylic acids is 2. The van der Waals surface area contributed by atoms with Crippen LogP contribution >= 0.6 is 0 Å². The minimum Gasteiger partial charge on any atom is -0.444 e.